The van der Waals surface area contributed by atoms with Gasteiger partial charge in [0.1, 0.15) is 23.9 Å². The van der Waals surface area contributed by atoms with Crippen molar-refractivity contribution in [3.8, 4) is 17.1 Å². The molecule has 0 fully saturated rings. The van der Waals surface area contributed by atoms with Crippen LogP contribution in [0.5, 0.6) is 5.75 Å². The number of carbonyl (C=O) groups is 1. The van der Waals surface area contributed by atoms with Gasteiger partial charge in [-0.25, -0.2) is 4.79 Å². The van der Waals surface area contributed by atoms with Crippen LogP contribution in [0, 0.1) is 0 Å². The van der Waals surface area contributed by atoms with Crippen LogP contribution in [0.3, 0.4) is 0 Å². The van der Waals surface area contributed by atoms with Crippen molar-refractivity contribution in [2.24, 2.45) is 0 Å². The smallest absolute Gasteiger partial charge is 0.338 e. The zero-order valence-corrected chi connectivity index (χ0v) is 15.5. The van der Waals surface area contributed by atoms with E-state index in [9.17, 15) is 4.79 Å². The van der Waals surface area contributed by atoms with Gasteiger partial charge in [0, 0.05) is 5.56 Å². The highest BCUT2D eigenvalue weighted by Crippen LogP contribution is 2.34. The number of furan rings is 1. The SMILES string of the molecule is CCOc1ccc(C(=O)OCc2ccc(-c3cccc(Cl)c3Cl)o2)cc1. The van der Waals surface area contributed by atoms with E-state index in [2.05, 4.69) is 0 Å². The summed E-state index contributed by atoms with van der Waals surface area (Å²) in [5.41, 5.74) is 1.13. The summed E-state index contributed by atoms with van der Waals surface area (Å²) in [5.74, 6) is 1.34. The lowest BCUT2D eigenvalue weighted by Gasteiger charge is -2.05. The summed E-state index contributed by atoms with van der Waals surface area (Å²) in [6.45, 7) is 2.49. The lowest BCUT2D eigenvalue weighted by atomic mass is 10.2. The van der Waals surface area contributed by atoms with Gasteiger partial charge in [-0.1, -0.05) is 29.3 Å². The molecule has 0 unspecified atom stereocenters. The lowest BCUT2D eigenvalue weighted by Crippen LogP contribution is -2.04. The average Bonchev–Trinajstić information content (AvgIpc) is 3.12. The van der Waals surface area contributed by atoms with E-state index in [-0.39, 0.29) is 6.61 Å². The van der Waals surface area contributed by atoms with E-state index >= 15 is 0 Å². The zero-order chi connectivity index (χ0) is 18.5. The Hall–Kier alpha value is -2.43. The Kier molecular flexibility index (Phi) is 5.86. The molecule has 0 amide bonds. The third-order valence-corrected chi connectivity index (χ3v) is 4.44. The summed E-state index contributed by atoms with van der Waals surface area (Å²) in [7, 11) is 0. The van der Waals surface area contributed by atoms with Crippen LogP contribution in [0.15, 0.2) is 59.0 Å². The largest absolute Gasteiger partial charge is 0.494 e. The minimum Gasteiger partial charge on any atom is -0.494 e. The van der Waals surface area contributed by atoms with Crippen molar-refractivity contribution in [3.63, 3.8) is 0 Å². The molecule has 134 valence electrons. The Morgan fingerprint density at radius 1 is 1.04 bits per heavy atom. The number of esters is 1. The number of carbonyl (C=O) groups excluding carboxylic acids is 1. The Bertz CT molecular complexity index is 900. The minimum atomic E-state index is -0.438. The summed E-state index contributed by atoms with van der Waals surface area (Å²) in [6, 6.07) is 15.6. The molecule has 26 heavy (non-hydrogen) atoms. The quantitative estimate of drug-likeness (QED) is 0.483. The third-order valence-electron chi connectivity index (χ3n) is 3.63. The Morgan fingerprint density at radius 2 is 1.81 bits per heavy atom. The van der Waals surface area contributed by atoms with Gasteiger partial charge in [-0.3, -0.25) is 0 Å². The van der Waals surface area contributed by atoms with E-state index in [1.807, 2.05) is 13.0 Å². The van der Waals surface area contributed by atoms with Crippen molar-refractivity contribution in [2.75, 3.05) is 6.61 Å². The number of hydrogen-bond donors (Lipinski definition) is 0. The summed E-state index contributed by atoms with van der Waals surface area (Å²) in [6.07, 6.45) is 0. The van der Waals surface area contributed by atoms with Gasteiger partial charge in [0.15, 0.2) is 0 Å². The van der Waals surface area contributed by atoms with E-state index in [0.29, 0.717) is 45.0 Å². The van der Waals surface area contributed by atoms with Crippen molar-refractivity contribution in [1.29, 1.82) is 0 Å². The molecule has 3 aromatic rings. The fourth-order valence-corrected chi connectivity index (χ4v) is 2.76. The van der Waals surface area contributed by atoms with E-state index in [1.165, 1.54) is 0 Å². The Morgan fingerprint density at radius 3 is 2.54 bits per heavy atom. The second-order valence-corrected chi connectivity index (χ2v) is 6.19. The maximum atomic E-state index is 12.1. The summed E-state index contributed by atoms with van der Waals surface area (Å²) >= 11 is 12.2. The predicted molar refractivity (Wildman–Crippen MR) is 101 cm³/mol. The van der Waals surface area contributed by atoms with Gasteiger partial charge in [-0.05, 0) is 55.5 Å². The summed E-state index contributed by atoms with van der Waals surface area (Å²) < 4.78 is 16.3. The van der Waals surface area contributed by atoms with Crippen LogP contribution in [0.1, 0.15) is 23.0 Å². The van der Waals surface area contributed by atoms with Crippen LogP contribution in [-0.2, 0) is 11.3 Å². The monoisotopic (exact) mass is 390 g/mol. The molecule has 3 rings (SSSR count). The van der Waals surface area contributed by atoms with Crippen LogP contribution in [0.25, 0.3) is 11.3 Å². The van der Waals surface area contributed by atoms with E-state index < -0.39 is 5.97 Å². The normalized spacial score (nSPS) is 10.6. The molecule has 4 nitrogen and oxygen atoms in total. The van der Waals surface area contributed by atoms with Gasteiger partial charge in [0.05, 0.1) is 22.2 Å². The molecule has 0 saturated heterocycles. The predicted octanol–water partition coefficient (Wildman–Crippen LogP) is 6.01. The van der Waals surface area contributed by atoms with Gasteiger partial charge in [-0.15, -0.1) is 0 Å². The molecule has 0 bridgehead atoms. The molecule has 0 N–H and O–H groups in total. The van der Waals surface area contributed by atoms with Crippen molar-refractivity contribution >= 4 is 29.2 Å². The van der Waals surface area contributed by atoms with E-state index in [4.69, 9.17) is 37.1 Å². The van der Waals surface area contributed by atoms with Crippen molar-refractivity contribution in [2.45, 2.75) is 13.5 Å². The Balaban J connectivity index is 1.64. The molecule has 0 saturated carbocycles. The third kappa shape index (κ3) is 4.21. The highest BCUT2D eigenvalue weighted by molar-refractivity contribution is 6.43. The average molecular weight is 391 g/mol. The second-order valence-electron chi connectivity index (χ2n) is 5.40. The van der Waals surface area contributed by atoms with Crippen LogP contribution >= 0.6 is 23.2 Å². The van der Waals surface area contributed by atoms with Gasteiger partial charge < -0.3 is 13.9 Å². The van der Waals surface area contributed by atoms with Gasteiger partial charge >= 0.3 is 5.97 Å². The first-order chi connectivity index (χ1) is 12.6. The topological polar surface area (TPSA) is 48.7 Å². The molecule has 0 radical (unpaired) electrons. The summed E-state index contributed by atoms with van der Waals surface area (Å²) in [4.78, 5) is 12.1. The first-order valence-corrected chi connectivity index (χ1v) is 8.77. The molecule has 0 aliphatic carbocycles. The summed E-state index contributed by atoms with van der Waals surface area (Å²) in [5, 5.41) is 0.866. The Labute approximate surface area is 161 Å². The number of halogens is 2. The van der Waals surface area contributed by atoms with Gasteiger partial charge in [-0.2, -0.15) is 0 Å². The fourth-order valence-electron chi connectivity index (χ4n) is 2.37. The van der Waals surface area contributed by atoms with Crippen LogP contribution in [0.2, 0.25) is 10.0 Å². The first-order valence-electron chi connectivity index (χ1n) is 8.01. The molecule has 0 spiro atoms. The number of benzene rings is 2. The molecular weight excluding hydrogens is 375 g/mol. The number of rotatable bonds is 6. The van der Waals surface area contributed by atoms with Crippen molar-refractivity contribution in [3.05, 3.63) is 76.0 Å². The molecular formula is C20H16Cl2O4. The highest BCUT2D eigenvalue weighted by atomic mass is 35.5. The van der Waals surface area contributed by atoms with Crippen LogP contribution in [-0.4, -0.2) is 12.6 Å². The van der Waals surface area contributed by atoms with Crippen LogP contribution in [0.4, 0.5) is 0 Å². The lowest BCUT2D eigenvalue weighted by molar-refractivity contribution is 0.0446. The molecule has 0 atom stereocenters. The minimum absolute atomic E-state index is 0.0181. The first kappa shape index (κ1) is 18.4. The molecule has 1 aromatic heterocycles. The second kappa shape index (κ2) is 8.30. The van der Waals surface area contributed by atoms with Crippen molar-refractivity contribution < 1.29 is 18.7 Å². The molecule has 6 heteroatoms. The van der Waals surface area contributed by atoms with E-state index in [0.717, 1.165) is 0 Å². The van der Waals surface area contributed by atoms with Gasteiger partial charge in [0.25, 0.3) is 0 Å². The van der Waals surface area contributed by atoms with Crippen LogP contribution < -0.4 is 4.74 Å². The number of hydrogen-bond acceptors (Lipinski definition) is 4. The molecule has 0 aliphatic heterocycles. The van der Waals surface area contributed by atoms with Gasteiger partial charge in [0.2, 0.25) is 0 Å². The maximum Gasteiger partial charge on any atom is 0.338 e. The molecule has 2 aromatic carbocycles. The zero-order valence-electron chi connectivity index (χ0n) is 14.0. The standard InChI is InChI=1S/C20H16Cl2O4/c1-2-24-14-8-6-13(7-9-14)20(23)25-12-15-10-11-18(26-15)16-4-3-5-17(21)19(16)22/h3-11H,2,12H2,1H3. The molecule has 1 heterocycles. The number of ether oxygens (including phenoxy) is 2. The highest BCUT2D eigenvalue weighted by Gasteiger charge is 2.13. The van der Waals surface area contributed by atoms with E-state index in [1.54, 1.807) is 48.5 Å². The van der Waals surface area contributed by atoms with Crippen molar-refractivity contribution in [1.82, 2.24) is 0 Å². The maximum absolute atomic E-state index is 12.1. The molecule has 0 aliphatic rings. The fraction of sp³-hybridized carbons (Fsp3) is 0.150.